The molecule has 0 fully saturated rings. The van der Waals surface area contributed by atoms with Gasteiger partial charge in [-0.15, -0.1) is 0 Å². The number of hydrogen-bond acceptors (Lipinski definition) is 5. The van der Waals surface area contributed by atoms with Crippen molar-refractivity contribution in [1.82, 2.24) is 0 Å². The van der Waals surface area contributed by atoms with Gasteiger partial charge >= 0.3 is 0 Å². The van der Waals surface area contributed by atoms with Crippen LogP contribution in [0, 0.1) is 21.4 Å². The van der Waals surface area contributed by atoms with Crippen LogP contribution in [0.2, 0.25) is 0 Å². The summed E-state index contributed by atoms with van der Waals surface area (Å²) in [6.07, 6.45) is 0.127. The molecule has 0 saturated heterocycles. The molecule has 0 aliphatic heterocycles. The number of nitro groups is 1. The molecule has 1 aromatic carbocycles. The summed E-state index contributed by atoms with van der Waals surface area (Å²) >= 11 is 0. The van der Waals surface area contributed by atoms with E-state index in [0.29, 0.717) is 12.2 Å². The van der Waals surface area contributed by atoms with Crippen LogP contribution in [0.5, 0.6) is 5.75 Å². The van der Waals surface area contributed by atoms with Gasteiger partial charge in [-0.05, 0) is 26.0 Å². The van der Waals surface area contributed by atoms with Gasteiger partial charge in [-0.3, -0.25) is 10.1 Å². The average Bonchev–Trinajstić information content (AvgIpc) is 2.29. The summed E-state index contributed by atoms with van der Waals surface area (Å²) in [5.41, 5.74) is 4.77. The minimum Gasteiger partial charge on any atom is -0.491 e. The Morgan fingerprint density at radius 2 is 2.11 bits per heavy atom. The number of non-ortho nitro benzene ring substituents is 1. The largest absolute Gasteiger partial charge is 0.491 e. The van der Waals surface area contributed by atoms with Crippen LogP contribution in [-0.2, 0) is 0 Å². The lowest BCUT2D eigenvalue weighted by Gasteiger charge is -2.21. The van der Waals surface area contributed by atoms with E-state index < -0.39 is 10.5 Å². The quantitative estimate of drug-likeness (QED) is 0.635. The Kier molecular flexibility index (Phi) is 4.23. The summed E-state index contributed by atoms with van der Waals surface area (Å²) in [5, 5.41) is 19.3. The molecule has 0 bridgehead atoms. The highest BCUT2D eigenvalue weighted by Gasteiger charge is 2.22. The lowest BCUT2D eigenvalue weighted by molar-refractivity contribution is -0.384. The molecule has 0 aliphatic carbocycles. The summed E-state index contributed by atoms with van der Waals surface area (Å²) in [6.45, 7) is 3.42. The maximum absolute atomic E-state index is 10.5. The Morgan fingerprint density at radius 1 is 1.56 bits per heavy atom. The number of nitriles is 1. The van der Waals surface area contributed by atoms with Crippen LogP contribution in [0.25, 0.3) is 0 Å². The zero-order valence-electron chi connectivity index (χ0n) is 10.3. The molecule has 6 heteroatoms. The third kappa shape index (κ3) is 4.03. The van der Waals surface area contributed by atoms with Crippen LogP contribution in [0.3, 0.4) is 0 Å². The van der Waals surface area contributed by atoms with Gasteiger partial charge in [0.25, 0.3) is 5.69 Å². The van der Waals surface area contributed by atoms with Gasteiger partial charge in [-0.2, -0.15) is 5.26 Å². The number of nitro benzene ring substituents is 1. The maximum atomic E-state index is 10.5. The molecule has 0 spiro atoms. The Hall–Kier alpha value is -2.13. The molecule has 6 nitrogen and oxygen atoms in total. The zero-order chi connectivity index (χ0) is 13.8. The minimum absolute atomic E-state index is 0.00990. The molecule has 1 aromatic rings. The molecular formula is C12H15N3O3. The molecule has 2 N–H and O–H groups in total. The molecule has 2 unspecified atom stereocenters. The van der Waals surface area contributed by atoms with Gasteiger partial charge in [0.05, 0.1) is 17.1 Å². The number of ether oxygens (including phenoxy) is 1. The van der Waals surface area contributed by atoms with Crippen LogP contribution in [0.15, 0.2) is 24.3 Å². The Bertz CT molecular complexity index is 462. The fourth-order valence-electron chi connectivity index (χ4n) is 1.56. The summed E-state index contributed by atoms with van der Waals surface area (Å²) in [4.78, 5) is 10.0. The van der Waals surface area contributed by atoms with Gasteiger partial charge in [0.1, 0.15) is 11.3 Å². The molecule has 2 atom stereocenters. The summed E-state index contributed by atoms with van der Waals surface area (Å²) < 4.78 is 5.53. The second-order valence-corrected chi connectivity index (χ2v) is 4.41. The molecule has 0 amide bonds. The van der Waals surface area contributed by atoms with Crippen LogP contribution in [-0.4, -0.2) is 16.6 Å². The third-order valence-corrected chi connectivity index (χ3v) is 2.35. The Labute approximate surface area is 105 Å². The molecule has 18 heavy (non-hydrogen) atoms. The van der Waals surface area contributed by atoms with Crippen molar-refractivity contribution in [3.63, 3.8) is 0 Å². The number of nitrogens with two attached hydrogens (primary N) is 1. The lowest BCUT2D eigenvalue weighted by atomic mass is 9.98. The highest BCUT2D eigenvalue weighted by atomic mass is 16.6. The predicted octanol–water partition coefficient (Wildman–Crippen LogP) is 1.99. The van der Waals surface area contributed by atoms with Gasteiger partial charge in [0.15, 0.2) is 0 Å². The van der Waals surface area contributed by atoms with Crippen LogP contribution >= 0.6 is 0 Å². The molecule has 0 aromatic heterocycles. The predicted molar refractivity (Wildman–Crippen MR) is 66.0 cm³/mol. The lowest BCUT2D eigenvalue weighted by Crippen LogP contribution is -2.38. The SMILES string of the molecule is CC(CC(C)(N)C#N)Oc1ccc([N+](=O)[O-])cc1. The standard InChI is InChI=1S/C12H15N3O3/c1-9(7-12(2,14)8-13)18-11-5-3-10(4-6-11)15(16)17/h3-6,9H,7,14H2,1-2H3. The zero-order valence-corrected chi connectivity index (χ0v) is 10.3. The van der Waals surface area contributed by atoms with Gasteiger partial charge < -0.3 is 10.5 Å². The van der Waals surface area contributed by atoms with Crippen LogP contribution in [0.1, 0.15) is 20.3 Å². The second kappa shape index (κ2) is 5.47. The van der Waals surface area contributed by atoms with Crippen molar-refractivity contribution < 1.29 is 9.66 Å². The van der Waals surface area contributed by atoms with Crippen molar-refractivity contribution in [2.45, 2.75) is 31.9 Å². The number of hydrogen-bond donors (Lipinski definition) is 1. The van der Waals surface area contributed by atoms with Gasteiger partial charge in [-0.1, -0.05) is 0 Å². The van der Waals surface area contributed by atoms with E-state index in [4.69, 9.17) is 15.7 Å². The minimum atomic E-state index is -0.944. The first-order valence-electron chi connectivity index (χ1n) is 5.45. The summed E-state index contributed by atoms with van der Waals surface area (Å²) in [6, 6.07) is 7.77. The van der Waals surface area contributed by atoms with E-state index in [9.17, 15) is 10.1 Å². The number of benzene rings is 1. The van der Waals surface area contributed by atoms with Crippen molar-refractivity contribution in [2.75, 3.05) is 0 Å². The van der Waals surface area contributed by atoms with Gasteiger partial charge in [0.2, 0.25) is 0 Å². The van der Waals surface area contributed by atoms with Crippen molar-refractivity contribution >= 4 is 5.69 Å². The Morgan fingerprint density at radius 3 is 2.56 bits per heavy atom. The van der Waals surface area contributed by atoms with E-state index in [-0.39, 0.29) is 11.8 Å². The van der Waals surface area contributed by atoms with E-state index in [1.165, 1.54) is 24.3 Å². The van der Waals surface area contributed by atoms with E-state index in [0.717, 1.165) is 0 Å². The van der Waals surface area contributed by atoms with Crippen LogP contribution in [0.4, 0.5) is 5.69 Å². The van der Waals surface area contributed by atoms with Crippen molar-refractivity contribution in [3.05, 3.63) is 34.4 Å². The molecule has 0 aliphatic rings. The summed E-state index contributed by atoms with van der Waals surface area (Å²) in [7, 11) is 0. The van der Waals surface area contributed by atoms with Gasteiger partial charge in [-0.25, -0.2) is 0 Å². The molecule has 96 valence electrons. The van der Waals surface area contributed by atoms with E-state index in [1.54, 1.807) is 13.8 Å². The molecule has 0 saturated carbocycles. The number of rotatable bonds is 5. The van der Waals surface area contributed by atoms with Crippen molar-refractivity contribution in [3.8, 4) is 11.8 Å². The highest BCUT2D eigenvalue weighted by Crippen LogP contribution is 2.20. The van der Waals surface area contributed by atoms with Gasteiger partial charge in [0, 0.05) is 18.6 Å². The fourth-order valence-corrected chi connectivity index (χ4v) is 1.56. The second-order valence-electron chi connectivity index (χ2n) is 4.41. The monoisotopic (exact) mass is 249 g/mol. The first kappa shape index (κ1) is 13.9. The Balaban J connectivity index is 2.63. The molecule has 1 rings (SSSR count). The average molecular weight is 249 g/mol. The van der Waals surface area contributed by atoms with Crippen LogP contribution < -0.4 is 10.5 Å². The smallest absolute Gasteiger partial charge is 0.269 e. The molecular weight excluding hydrogens is 234 g/mol. The topological polar surface area (TPSA) is 102 Å². The normalized spacial score (nSPS) is 15.2. The number of nitrogens with zero attached hydrogens (tertiary/aromatic N) is 2. The highest BCUT2D eigenvalue weighted by molar-refractivity contribution is 5.36. The first-order valence-corrected chi connectivity index (χ1v) is 5.45. The van der Waals surface area contributed by atoms with E-state index in [2.05, 4.69) is 0 Å². The summed E-state index contributed by atoms with van der Waals surface area (Å²) in [5.74, 6) is 0.516. The maximum Gasteiger partial charge on any atom is 0.269 e. The van der Waals surface area contributed by atoms with Crippen molar-refractivity contribution in [2.24, 2.45) is 5.73 Å². The van der Waals surface area contributed by atoms with E-state index in [1.807, 2.05) is 6.07 Å². The fraction of sp³-hybridized carbons (Fsp3) is 0.417. The van der Waals surface area contributed by atoms with Crippen molar-refractivity contribution in [1.29, 1.82) is 5.26 Å². The molecule has 0 radical (unpaired) electrons. The third-order valence-electron chi connectivity index (χ3n) is 2.35. The molecule has 0 heterocycles. The van der Waals surface area contributed by atoms with E-state index >= 15 is 0 Å². The first-order chi connectivity index (χ1) is 8.34.